The van der Waals surface area contributed by atoms with Crippen LogP contribution in [0.25, 0.3) is 0 Å². The fraction of sp³-hybridized carbons (Fsp3) is 0.438. The predicted octanol–water partition coefficient (Wildman–Crippen LogP) is 1.42. The molecule has 0 unspecified atom stereocenters. The molecule has 1 N–H and O–H groups in total. The lowest BCUT2D eigenvalue weighted by molar-refractivity contribution is -0.0586. The topological polar surface area (TPSA) is 49.8 Å². The Morgan fingerprint density at radius 1 is 1.43 bits per heavy atom. The Hall–Kier alpha value is -1.90. The summed E-state index contributed by atoms with van der Waals surface area (Å²) < 4.78 is 19.0. The Morgan fingerprint density at radius 3 is 2.71 bits per heavy atom. The third-order valence-electron chi connectivity index (χ3n) is 3.22. The lowest BCUT2D eigenvalue weighted by atomic mass is 10.1. The van der Waals surface area contributed by atoms with E-state index in [1.54, 1.807) is 4.90 Å². The fourth-order valence-electron chi connectivity index (χ4n) is 2.45. The van der Waals surface area contributed by atoms with Crippen LogP contribution in [0.4, 0.5) is 4.39 Å². The first-order valence-corrected chi connectivity index (χ1v) is 6.85. The van der Waals surface area contributed by atoms with Crippen LogP contribution in [0.3, 0.4) is 0 Å². The van der Waals surface area contributed by atoms with Crippen molar-refractivity contribution in [3.8, 4) is 11.8 Å². The van der Waals surface area contributed by atoms with Crippen molar-refractivity contribution in [2.75, 3.05) is 19.7 Å². The predicted molar refractivity (Wildman–Crippen MR) is 76.3 cm³/mol. The molecular weight excluding hydrogens is 273 g/mol. The summed E-state index contributed by atoms with van der Waals surface area (Å²) in [4.78, 5) is 14.3. The Morgan fingerprint density at radius 2 is 2.10 bits per heavy atom. The van der Waals surface area contributed by atoms with Crippen LogP contribution in [0, 0.1) is 17.7 Å². The number of nitrogens with zero attached hydrogens (tertiary/aromatic N) is 1. The van der Waals surface area contributed by atoms with Crippen LogP contribution in [-0.4, -0.2) is 47.8 Å². The Balaban J connectivity index is 2.31. The van der Waals surface area contributed by atoms with E-state index in [9.17, 15) is 9.18 Å². The number of benzene rings is 1. The first-order chi connectivity index (χ1) is 10.0. The van der Waals surface area contributed by atoms with Crippen molar-refractivity contribution in [1.29, 1.82) is 0 Å². The van der Waals surface area contributed by atoms with Crippen LogP contribution >= 0.6 is 0 Å². The summed E-state index contributed by atoms with van der Waals surface area (Å²) in [6.45, 7) is 4.41. The fourth-order valence-corrected chi connectivity index (χ4v) is 2.45. The van der Waals surface area contributed by atoms with Crippen LogP contribution in [0.2, 0.25) is 0 Å². The summed E-state index contributed by atoms with van der Waals surface area (Å²) in [5.41, 5.74) is 0.638. The highest BCUT2D eigenvalue weighted by molar-refractivity contribution is 5.96. The van der Waals surface area contributed by atoms with Gasteiger partial charge < -0.3 is 14.7 Å². The van der Waals surface area contributed by atoms with E-state index in [1.165, 1.54) is 18.2 Å². The maximum Gasteiger partial charge on any atom is 0.255 e. The molecule has 1 amide bonds. The summed E-state index contributed by atoms with van der Waals surface area (Å²) in [6.07, 6.45) is -0.114. The summed E-state index contributed by atoms with van der Waals surface area (Å²) in [5.74, 6) is 4.43. The lowest BCUT2D eigenvalue weighted by Crippen LogP contribution is -2.48. The summed E-state index contributed by atoms with van der Waals surface area (Å²) in [7, 11) is 0. The minimum absolute atomic E-state index is 0.0572. The van der Waals surface area contributed by atoms with Crippen molar-refractivity contribution in [2.24, 2.45) is 0 Å². The molecule has 112 valence electrons. The summed E-state index contributed by atoms with van der Waals surface area (Å²) in [5, 5.41) is 8.77. The number of ether oxygens (including phenoxy) is 1. The molecule has 1 aromatic rings. The number of aliphatic hydroxyl groups excluding tert-OH is 1. The molecule has 2 atom stereocenters. The van der Waals surface area contributed by atoms with Crippen LogP contribution in [0.15, 0.2) is 18.2 Å². The highest BCUT2D eigenvalue weighted by Crippen LogP contribution is 2.17. The van der Waals surface area contributed by atoms with E-state index in [0.717, 1.165) is 0 Å². The van der Waals surface area contributed by atoms with E-state index >= 15 is 0 Å². The third-order valence-corrected chi connectivity index (χ3v) is 3.22. The van der Waals surface area contributed by atoms with Gasteiger partial charge >= 0.3 is 0 Å². The van der Waals surface area contributed by atoms with Gasteiger partial charge in [-0.25, -0.2) is 4.39 Å². The summed E-state index contributed by atoms with van der Waals surface area (Å²) in [6, 6.07) is 3.90. The number of carbonyl (C=O) groups excluding carboxylic acids is 1. The number of halogens is 1. The van der Waals surface area contributed by atoms with Crippen molar-refractivity contribution < 1.29 is 19.0 Å². The molecule has 2 rings (SSSR count). The van der Waals surface area contributed by atoms with Gasteiger partial charge in [0.25, 0.3) is 5.91 Å². The van der Waals surface area contributed by atoms with Crippen LogP contribution < -0.4 is 0 Å². The second-order valence-corrected chi connectivity index (χ2v) is 5.12. The molecular formula is C16H18FNO3. The quantitative estimate of drug-likeness (QED) is 0.796. The zero-order chi connectivity index (χ0) is 15.4. The maximum atomic E-state index is 13.5. The number of aliphatic hydroxyl groups is 1. The van der Waals surface area contributed by atoms with Crippen LogP contribution in [0.1, 0.15) is 29.8 Å². The highest BCUT2D eigenvalue weighted by atomic mass is 19.1. The number of carbonyl (C=O) groups is 1. The minimum atomic E-state index is -0.484. The average molecular weight is 291 g/mol. The van der Waals surface area contributed by atoms with Gasteiger partial charge in [-0.2, -0.15) is 0 Å². The number of hydrogen-bond acceptors (Lipinski definition) is 3. The molecule has 1 aliphatic rings. The average Bonchev–Trinajstić information content (AvgIpc) is 2.44. The van der Waals surface area contributed by atoms with Crippen molar-refractivity contribution in [3.63, 3.8) is 0 Å². The van der Waals surface area contributed by atoms with Gasteiger partial charge in [-0.1, -0.05) is 11.8 Å². The van der Waals surface area contributed by atoms with E-state index in [1.807, 2.05) is 13.8 Å². The van der Waals surface area contributed by atoms with E-state index in [4.69, 9.17) is 9.84 Å². The zero-order valence-corrected chi connectivity index (χ0v) is 12.1. The van der Waals surface area contributed by atoms with Gasteiger partial charge in [0.05, 0.1) is 17.8 Å². The van der Waals surface area contributed by atoms with Gasteiger partial charge in [-0.05, 0) is 32.0 Å². The molecule has 4 nitrogen and oxygen atoms in total. The van der Waals surface area contributed by atoms with Gasteiger partial charge in [0.2, 0.25) is 0 Å². The number of hydrogen-bond donors (Lipinski definition) is 1. The van der Waals surface area contributed by atoms with Gasteiger partial charge in [0.15, 0.2) is 0 Å². The SMILES string of the molecule is C[C@@H]1CN(C(=O)c2cc(F)ccc2C#CCO)C[C@H](C)O1. The van der Waals surface area contributed by atoms with E-state index < -0.39 is 5.82 Å². The first kappa shape index (κ1) is 15.5. The second kappa shape index (κ2) is 6.70. The smallest absolute Gasteiger partial charge is 0.255 e. The van der Waals surface area contributed by atoms with Gasteiger partial charge in [0.1, 0.15) is 12.4 Å². The van der Waals surface area contributed by atoms with Crippen LogP contribution in [0.5, 0.6) is 0 Å². The molecule has 0 aliphatic carbocycles. The zero-order valence-electron chi connectivity index (χ0n) is 12.1. The molecule has 0 saturated carbocycles. The Bertz CT molecular complexity index is 581. The highest BCUT2D eigenvalue weighted by Gasteiger charge is 2.27. The molecule has 1 aliphatic heterocycles. The van der Waals surface area contributed by atoms with Gasteiger partial charge in [0, 0.05) is 18.7 Å². The molecule has 1 saturated heterocycles. The largest absolute Gasteiger partial charge is 0.384 e. The summed E-state index contributed by atoms with van der Waals surface area (Å²) >= 11 is 0. The standard InChI is InChI=1S/C16H18FNO3/c1-11-9-18(10-12(2)21-11)16(20)15-8-14(17)6-5-13(15)4-3-7-19/h5-6,8,11-12,19H,7,9-10H2,1-2H3/t11-,12+. The monoisotopic (exact) mass is 291 g/mol. The third kappa shape index (κ3) is 3.81. The van der Waals surface area contributed by atoms with Gasteiger partial charge in [-0.3, -0.25) is 4.79 Å². The number of morpholine rings is 1. The van der Waals surface area contributed by atoms with Crippen molar-refractivity contribution in [2.45, 2.75) is 26.1 Å². The molecule has 1 heterocycles. The lowest BCUT2D eigenvalue weighted by Gasteiger charge is -2.35. The Kier molecular flexibility index (Phi) is 4.94. The molecule has 0 bridgehead atoms. The van der Waals surface area contributed by atoms with Crippen LogP contribution in [-0.2, 0) is 4.74 Å². The van der Waals surface area contributed by atoms with Crippen molar-refractivity contribution >= 4 is 5.91 Å². The molecule has 21 heavy (non-hydrogen) atoms. The molecule has 1 fully saturated rings. The van der Waals surface area contributed by atoms with E-state index in [-0.39, 0.29) is 30.3 Å². The van der Waals surface area contributed by atoms with E-state index in [2.05, 4.69) is 11.8 Å². The first-order valence-electron chi connectivity index (χ1n) is 6.85. The molecule has 5 heteroatoms. The van der Waals surface area contributed by atoms with Crippen molar-refractivity contribution in [1.82, 2.24) is 4.90 Å². The van der Waals surface area contributed by atoms with E-state index in [0.29, 0.717) is 18.7 Å². The number of rotatable bonds is 1. The number of amides is 1. The second-order valence-electron chi connectivity index (χ2n) is 5.12. The maximum absolute atomic E-state index is 13.5. The molecule has 1 aromatic carbocycles. The molecule has 0 radical (unpaired) electrons. The van der Waals surface area contributed by atoms with Crippen molar-refractivity contribution in [3.05, 3.63) is 35.1 Å². The normalized spacial score (nSPS) is 21.6. The molecule has 0 aromatic heterocycles. The Labute approximate surface area is 123 Å². The molecule has 0 spiro atoms. The minimum Gasteiger partial charge on any atom is -0.384 e. The van der Waals surface area contributed by atoms with Gasteiger partial charge in [-0.15, -0.1) is 0 Å².